The highest BCUT2D eigenvalue weighted by Crippen LogP contribution is 2.38. The van der Waals surface area contributed by atoms with Crippen LogP contribution in [0.25, 0.3) is 10.9 Å². The van der Waals surface area contributed by atoms with Crippen LogP contribution in [0.15, 0.2) is 12.1 Å². The molecular formula is C23H33N3O5. The number of carboxylic acid groups (broad SMARTS) is 1. The van der Waals surface area contributed by atoms with Gasteiger partial charge in [0.2, 0.25) is 0 Å². The number of rotatable bonds is 7. The van der Waals surface area contributed by atoms with Crippen LogP contribution in [-0.2, 0) is 17.6 Å². The van der Waals surface area contributed by atoms with Gasteiger partial charge in [0, 0.05) is 37.0 Å². The van der Waals surface area contributed by atoms with E-state index in [0.29, 0.717) is 13.0 Å². The van der Waals surface area contributed by atoms with Gasteiger partial charge in [-0.2, -0.15) is 0 Å². The number of nitrogens with zero attached hydrogens (tertiary/aromatic N) is 2. The molecule has 0 spiro atoms. The molecule has 0 radical (unpaired) electrons. The predicted molar refractivity (Wildman–Crippen MR) is 120 cm³/mol. The normalized spacial score (nSPS) is 18.1. The second-order valence-electron chi connectivity index (χ2n) is 7.94. The van der Waals surface area contributed by atoms with Crippen LogP contribution in [0.1, 0.15) is 36.8 Å². The molecule has 31 heavy (non-hydrogen) atoms. The number of hydrogen-bond acceptors (Lipinski definition) is 7. The number of pyridine rings is 1. The minimum Gasteiger partial charge on any atom is -0.493 e. The van der Waals surface area contributed by atoms with E-state index in [0.717, 1.165) is 59.6 Å². The molecule has 1 aliphatic carbocycles. The number of anilines is 1. The summed E-state index contributed by atoms with van der Waals surface area (Å²) < 4.78 is 11.7. The van der Waals surface area contributed by atoms with Crippen LogP contribution in [0.5, 0.6) is 11.5 Å². The van der Waals surface area contributed by atoms with Crippen molar-refractivity contribution in [3.05, 3.63) is 23.3 Å². The Morgan fingerprint density at radius 3 is 2.68 bits per heavy atom. The minimum atomic E-state index is -0.293. The van der Waals surface area contributed by atoms with E-state index in [9.17, 15) is 5.11 Å². The second-order valence-corrected chi connectivity index (χ2v) is 7.94. The smallest absolute Gasteiger partial charge is 0.290 e. The van der Waals surface area contributed by atoms with Crippen LogP contribution < -0.4 is 14.8 Å². The molecule has 1 aromatic heterocycles. The molecule has 1 saturated heterocycles. The number of benzene rings is 1. The highest BCUT2D eigenvalue weighted by molar-refractivity contribution is 5.89. The van der Waals surface area contributed by atoms with E-state index in [1.165, 1.54) is 31.5 Å². The van der Waals surface area contributed by atoms with E-state index < -0.39 is 0 Å². The van der Waals surface area contributed by atoms with Crippen LogP contribution >= 0.6 is 0 Å². The second kappa shape index (κ2) is 11.2. The average molecular weight is 432 g/mol. The number of fused-ring (bicyclic) bond motifs is 3. The van der Waals surface area contributed by atoms with Gasteiger partial charge in [-0.25, -0.2) is 4.98 Å². The van der Waals surface area contributed by atoms with Gasteiger partial charge in [0.15, 0.2) is 11.5 Å². The monoisotopic (exact) mass is 431 g/mol. The lowest BCUT2D eigenvalue weighted by Gasteiger charge is -2.25. The summed E-state index contributed by atoms with van der Waals surface area (Å²) in [6, 6.07) is 4.05. The first kappa shape index (κ1) is 23.1. The number of ether oxygens (including phenoxy) is 2. The van der Waals surface area contributed by atoms with E-state index >= 15 is 0 Å². The van der Waals surface area contributed by atoms with Crippen molar-refractivity contribution < 1.29 is 24.5 Å². The molecule has 2 aliphatic rings. The van der Waals surface area contributed by atoms with E-state index in [2.05, 4.69) is 10.2 Å². The van der Waals surface area contributed by atoms with Gasteiger partial charge in [0.25, 0.3) is 6.47 Å². The average Bonchev–Trinajstić information content (AvgIpc) is 3.29. The highest BCUT2D eigenvalue weighted by Gasteiger charge is 2.24. The summed E-state index contributed by atoms with van der Waals surface area (Å²) >= 11 is 0. The summed E-state index contributed by atoms with van der Waals surface area (Å²) in [7, 11) is 3.57. The van der Waals surface area contributed by atoms with Gasteiger partial charge in [0.05, 0.1) is 25.3 Å². The molecule has 1 unspecified atom stereocenters. The predicted octanol–water partition coefficient (Wildman–Crippen LogP) is 2.70. The lowest BCUT2D eigenvalue weighted by molar-refractivity contribution is -0.122. The first-order valence-electron chi connectivity index (χ1n) is 10.9. The van der Waals surface area contributed by atoms with Gasteiger partial charge < -0.3 is 29.9 Å². The number of aryl methyl sites for hydroxylation is 1. The molecule has 4 rings (SSSR count). The maximum absolute atomic E-state index is 10.1. The topological polar surface area (TPSA) is 104 Å². The Labute approximate surface area is 183 Å². The van der Waals surface area contributed by atoms with Gasteiger partial charge in [0.1, 0.15) is 5.82 Å². The molecule has 0 amide bonds. The van der Waals surface area contributed by atoms with E-state index in [4.69, 9.17) is 24.4 Å². The number of aliphatic hydroxyl groups excluding tert-OH is 1. The summed E-state index contributed by atoms with van der Waals surface area (Å²) in [5, 5.41) is 21.3. The SMILES string of the molecule is CNc1nc2cc(OCCCN3CCCC3)c(OC)cc2c2c1CC(O)CC2.O=CO. The molecule has 1 aromatic carbocycles. The number of aliphatic hydroxyl groups is 1. The molecule has 3 N–H and O–H groups in total. The van der Waals surface area contributed by atoms with E-state index in [1.54, 1.807) is 7.11 Å². The number of methoxy groups -OCH3 is 1. The minimum absolute atomic E-state index is 0.250. The molecule has 1 atom stereocenters. The zero-order valence-electron chi connectivity index (χ0n) is 18.4. The van der Waals surface area contributed by atoms with Crippen molar-refractivity contribution in [2.75, 3.05) is 45.7 Å². The largest absolute Gasteiger partial charge is 0.493 e. The summed E-state index contributed by atoms with van der Waals surface area (Å²) in [6.07, 6.45) is 5.64. The third-order valence-electron chi connectivity index (χ3n) is 5.97. The third kappa shape index (κ3) is 5.57. The Kier molecular flexibility index (Phi) is 8.31. The summed E-state index contributed by atoms with van der Waals surface area (Å²) in [6.45, 7) is 3.95. The first-order chi connectivity index (χ1) is 15.1. The number of nitrogens with one attached hydrogen (secondary N) is 1. The lowest BCUT2D eigenvalue weighted by Crippen LogP contribution is -2.22. The van der Waals surface area contributed by atoms with Crippen molar-refractivity contribution in [2.24, 2.45) is 0 Å². The third-order valence-corrected chi connectivity index (χ3v) is 5.97. The highest BCUT2D eigenvalue weighted by atomic mass is 16.5. The zero-order valence-corrected chi connectivity index (χ0v) is 18.4. The number of aromatic nitrogens is 1. The maximum Gasteiger partial charge on any atom is 0.290 e. The summed E-state index contributed by atoms with van der Waals surface area (Å²) in [5.74, 6) is 2.36. The van der Waals surface area contributed by atoms with Gasteiger partial charge >= 0.3 is 0 Å². The standard InChI is InChI=1S/C22H31N3O3.CH2O2/c1-23-22-18-12-15(26)6-7-16(18)17-13-20(27-2)21(14-19(17)24-22)28-11-5-10-25-8-3-4-9-25;2-1-3/h13-15,26H,3-12H2,1-2H3,(H,23,24);1H,(H,2,3). The fraction of sp³-hybridized carbons (Fsp3) is 0.565. The molecule has 0 bridgehead atoms. The number of likely N-dealkylation sites (tertiary alicyclic amines) is 1. The molecular weight excluding hydrogens is 398 g/mol. The van der Waals surface area contributed by atoms with E-state index in [1.807, 2.05) is 19.2 Å². The molecule has 2 aromatic rings. The van der Waals surface area contributed by atoms with Gasteiger partial charge in [-0.05, 0) is 56.8 Å². The van der Waals surface area contributed by atoms with Crippen molar-refractivity contribution in [1.82, 2.24) is 9.88 Å². The molecule has 1 fully saturated rings. The lowest BCUT2D eigenvalue weighted by atomic mass is 9.87. The quantitative estimate of drug-likeness (QED) is 0.454. The fourth-order valence-electron chi connectivity index (χ4n) is 4.49. The summed E-state index contributed by atoms with van der Waals surface area (Å²) in [4.78, 5) is 15.7. The van der Waals surface area contributed by atoms with Crippen molar-refractivity contribution in [1.29, 1.82) is 0 Å². The maximum atomic E-state index is 10.1. The van der Waals surface area contributed by atoms with Crippen molar-refractivity contribution >= 4 is 23.2 Å². The Hall–Kier alpha value is -2.58. The number of hydrogen-bond donors (Lipinski definition) is 3. The van der Waals surface area contributed by atoms with Crippen LogP contribution in [-0.4, -0.2) is 73.1 Å². The Bertz CT molecular complexity index is 883. The molecule has 0 saturated carbocycles. The number of carbonyl (C=O) groups is 1. The van der Waals surface area contributed by atoms with Crippen LogP contribution in [0.4, 0.5) is 5.82 Å². The molecule has 8 heteroatoms. The first-order valence-corrected chi connectivity index (χ1v) is 10.9. The van der Waals surface area contributed by atoms with Crippen LogP contribution in [0, 0.1) is 0 Å². The van der Waals surface area contributed by atoms with Crippen molar-refractivity contribution in [2.45, 2.75) is 44.6 Å². The molecule has 2 heterocycles. The van der Waals surface area contributed by atoms with Gasteiger partial charge in [-0.1, -0.05) is 0 Å². The van der Waals surface area contributed by atoms with E-state index in [-0.39, 0.29) is 12.6 Å². The Balaban J connectivity index is 0.000000858. The zero-order chi connectivity index (χ0) is 22.2. The van der Waals surface area contributed by atoms with Crippen molar-refractivity contribution in [3.63, 3.8) is 0 Å². The Morgan fingerprint density at radius 1 is 1.26 bits per heavy atom. The molecule has 8 nitrogen and oxygen atoms in total. The molecule has 1 aliphatic heterocycles. The van der Waals surface area contributed by atoms with Crippen LogP contribution in [0.3, 0.4) is 0 Å². The van der Waals surface area contributed by atoms with Crippen molar-refractivity contribution in [3.8, 4) is 11.5 Å². The fourth-order valence-corrected chi connectivity index (χ4v) is 4.49. The van der Waals surface area contributed by atoms with Gasteiger partial charge in [-0.15, -0.1) is 0 Å². The van der Waals surface area contributed by atoms with Crippen LogP contribution in [0.2, 0.25) is 0 Å². The van der Waals surface area contributed by atoms with Gasteiger partial charge in [-0.3, -0.25) is 4.79 Å². The molecule has 170 valence electrons. The Morgan fingerprint density at radius 2 is 2.00 bits per heavy atom. The summed E-state index contributed by atoms with van der Waals surface area (Å²) in [5.41, 5.74) is 3.29.